The van der Waals surface area contributed by atoms with Crippen molar-refractivity contribution in [3.8, 4) is 0 Å². The summed E-state index contributed by atoms with van der Waals surface area (Å²) < 4.78 is 0.248. The zero-order valence-electron chi connectivity index (χ0n) is 10.6. The van der Waals surface area contributed by atoms with Crippen LogP contribution < -0.4 is 10.6 Å². The Hall–Kier alpha value is 0.0400. The summed E-state index contributed by atoms with van der Waals surface area (Å²) in [5, 5.41) is 7.58. The van der Waals surface area contributed by atoms with Crippen molar-refractivity contribution in [2.75, 3.05) is 12.8 Å². The molecule has 1 aliphatic rings. The molecule has 0 radical (unpaired) electrons. The highest BCUT2D eigenvalue weighted by atomic mass is 32.2. The number of hydrogen-bond acceptors (Lipinski definition) is 2. The topological polar surface area (TPSA) is 24.1 Å². The third-order valence-electron chi connectivity index (χ3n) is 3.17. The Balaban J connectivity index is 2.19. The molecule has 0 aromatic carbocycles. The second kappa shape index (κ2) is 6.70. The SMILES string of the molecule is CSC(C)(C)CNC(=S)NC1CCCCC1. The highest BCUT2D eigenvalue weighted by molar-refractivity contribution is 7.99. The summed E-state index contributed by atoms with van der Waals surface area (Å²) in [6.07, 6.45) is 8.76. The van der Waals surface area contributed by atoms with Gasteiger partial charge in [-0.25, -0.2) is 0 Å². The Bertz CT molecular complexity index is 223. The molecular formula is C12H24N2S2. The summed E-state index contributed by atoms with van der Waals surface area (Å²) in [5.74, 6) is 0. The van der Waals surface area contributed by atoms with Gasteiger partial charge in [0.2, 0.25) is 0 Å². The first-order valence-corrected chi connectivity index (χ1v) is 7.76. The Morgan fingerprint density at radius 1 is 1.31 bits per heavy atom. The lowest BCUT2D eigenvalue weighted by Crippen LogP contribution is -2.46. The van der Waals surface area contributed by atoms with E-state index in [0.29, 0.717) is 6.04 Å². The molecule has 0 aliphatic heterocycles. The fourth-order valence-electron chi connectivity index (χ4n) is 1.85. The molecule has 1 fully saturated rings. The molecule has 2 N–H and O–H groups in total. The Kier molecular flexibility index (Phi) is 5.90. The number of rotatable bonds is 4. The fraction of sp³-hybridized carbons (Fsp3) is 0.917. The predicted molar refractivity (Wildman–Crippen MR) is 78.2 cm³/mol. The number of hydrogen-bond donors (Lipinski definition) is 2. The lowest BCUT2D eigenvalue weighted by atomic mass is 9.96. The molecule has 1 aliphatic carbocycles. The van der Waals surface area contributed by atoms with Gasteiger partial charge in [0, 0.05) is 17.3 Å². The maximum atomic E-state index is 5.32. The van der Waals surface area contributed by atoms with Crippen molar-refractivity contribution in [3.05, 3.63) is 0 Å². The van der Waals surface area contributed by atoms with E-state index in [1.54, 1.807) is 0 Å². The van der Waals surface area contributed by atoms with Crippen LogP contribution in [-0.2, 0) is 0 Å². The first-order valence-electron chi connectivity index (χ1n) is 6.13. The summed E-state index contributed by atoms with van der Waals surface area (Å²) in [7, 11) is 0. The molecule has 16 heavy (non-hydrogen) atoms. The average Bonchev–Trinajstić information content (AvgIpc) is 2.28. The van der Waals surface area contributed by atoms with Gasteiger partial charge in [-0.2, -0.15) is 11.8 Å². The smallest absolute Gasteiger partial charge is 0.166 e. The Morgan fingerprint density at radius 3 is 2.50 bits per heavy atom. The van der Waals surface area contributed by atoms with E-state index in [9.17, 15) is 0 Å². The van der Waals surface area contributed by atoms with Gasteiger partial charge in [-0.3, -0.25) is 0 Å². The lowest BCUT2D eigenvalue weighted by molar-refractivity contribution is 0.411. The van der Waals surface area contributed by atoms with Crippen LogP contribution in [0.5, 0.6) is 0 Å². The van der Waals surface area contributed by atoms with Gasteiger partial charge in [0.05, 0.1) is 0 Å². The van der Waals surface area contributed by atoms with E-state index >= 15 is 0 Å². The third kappa shape index (κ3) is 5.39. The van der Waals surface area contributed by atoms with Crippen molar-refractivity contribution < 1.29 is 0 Å². The number of thiocarbonyl (C=S) groups is 1. The van der Waals surface area contributed by atoms with Crippen LogP contribution in [-0.4, -0.2) is 28.7 Å². The van der Waals surface area contributed by atoms with Crippen LogP contribution in [0.25, 0.3) is 0 Å². The molecule has 0 unspecified atom stereocenters. The van der Waals surface area contributed by atoms with E-state index in [-0.39, 0.29) is 4.75 Å². The summed E-state index contributed by atoms with van der Waals surface area (Å²) in [5.41, 5.74) is 0. The van der Waals surface area contributed by atoms with Crippen LogP contribution in [0.3, 0.4) is 0 Å². The van der Waals surface area contributed by atoms with E-state index in [1.165, 1.54) is 32.1 Å². The normalized spacial score (nSPS) is 18.2. The highest BCUT2D eigenvalue weighted by Gasteiger charge is 2.17. The van der Waals surface area contributed by atoms with Crippen LogP contribution >= 0.6 is 24.0 Å². The van der Waals surface area contributed by atoms with Gasteiger partial charge >= 0.3 is 0 Å². The van der Waals surface area contributed by atoms with Crippen LogP contribution in [0, 0.1) is 0 Å². The van der Waals surface area contributed by atoms with Crippen LogP contribution in [0.15, 0.2) is 0 Å². The molecule has 0 aromatic heterocycles. The van der Waals surface area contributed by atoms with E-state index in [0.717, 1.165) is 11.7 Å². The molecule has 1 rings (SSSR count). The molecule has 0 saturated heterocycles. The van der Waals surface area contributed by atoms with Gasteiger partial charge in [0.15, 0.2) is 5.11 Å². The molecule has 0 bridgehead atoms. The molecule has 0 amide bonds. The molecule has 0 aromatic rings. The van der Waals surface area contributed by atoms with Gasteiger partial charge in [-0.05, 0) is 45.2 Å². The van der Waals surface area contributed by atoms with Crippen molar-refractivity contribution in [2.24, 2.45) is 0 Å². The van der Waals surface area contributed by atoms with Gasteiger partial charge < -0.3 is 10.6 Å². The maximum absolute atomic E-state index is 5.32. The van der Waals surface area contributed by atoms with Crippen molar-refractivity contribution in [3.63, 3.8) is 0 Å². The fourth-order valence-corrected chi connectivity index (χ4v) is 2.30. The average molecular weight is 260 g/mol. The van der Waals surface area contributed by atoms with Crippen molar-refractivity contribution in [2.45, 2.75) is 56.7 Å². The zero-order chi connectivity index (χ0) is 12.0. The molecule has 0 heterocycles. The first-order chi connectivity index (χ1) is 7.53. The Morgan fingerprint density at radius 2 is 1.94 bits per heavy atom. The summed E-state index contributed by atoms with van der Waals surface area (Å²) in [6, 6.07) is 0.603. The monoisotopic (exact) mass is 260 g/mol. The molecule has 0 spiro atoms. The summed E-state index contributed by atoms with van der Waals surface area (Å²) in [4.78, 5) is 0. The van der Waals surface area contributed by atoms with Crippen LogP contribution in [0.1, 0.15) is 46.0 Å². The highest BCUT2D eigenvalue weighted by Crippen LogP contribution is 2.20. The molecule has 2 nitrogen and oxygen atoms in total. The van der Waals surface area contributed by atoms with E-state index in [4.69, 9.17) is 12.2 Å². The van der Waals surface area contributed by atoms with Crippen LogP contribution in [0.2, 0.25) is 0 Å². The van der Waals surface area contributed by atoms with Crippen molar-refractivity contribution in [1.29, 1.82) is 0 Å². The maximum Gasteiger partial charge on any atom is 0.166 e. The predicted octanol–water partition coefficient (Wildman–Crippen LogP) is 2.92. The third-order valence-corrected chi connectivity index (χ3v) is 4.68. The Labute approximate surface area is 109 Å². The lowest BCUT2D eigenvalue weighted by Gasteiger charge is -2.27. The minimum atomic E-state index is 0.248. The zero-order valence-corrected chi connectivity index (χ0v) is 12.3. The van der Waals surface area contributed by atoms with Gasteiger partial charge in [0.1, 0.15) is 0 Å². The molecule has 0 atom stereocenters. The molecule has 1 saturated carbocycles. The minimum Gasteiger partial charge on any atom is -0.361 e. The quantitative estimate of drug-likeness (QED) is 0.759. The van der Waals surface area contributed by atoms with Crippen molar-refractivity contribution >= 4 is 29.1 Å². The van der Waals surface area contributed by atoms with Crippen LogP contribution in [0.4, 0.5) is 0 Å². The van der Waals surface area contributed by atoms with Crippen molar-refractivity contribution in [1.82, 2.24) is 10.6 Å². The second-order valence-corrected chi connectivity index (χ2v) is 7.05. The molecule has 94 valence electrons. The van der Waals surface area contributed by atoms with Gasteiger partial charge in [-0.1, -0.05) is 19.3 Å². The van der Waals surface area contributed by atoms with Gasteiger partial charge in [0.25, 0.3) is 0 Å². The molecular weight excluding hydrogens is 236 g/mol. The second-order valence-electron chi connectivity index (χ2n) is 5.13. The standard InChI is InChI=1S/C12H24N2S2/c1-12(2,16-3)9-13-11(15)14-10-7-5-4-6-8-10/h10H,4-9H2,1-3H3,(H2,13,14,15). The van der Waals surface area contributed by atoms with E-state index in [1.807, 2.05) is 11.8 Å². The summed E-state index contributed by atoms with van der Waals surface area (Å²) >= 11 is 7.18. The first kappa shape index (κ1) is 14.1. The largest absolute Gasteiger partial charge is 0.361 e. The summed E-state index contributed by atoms with van der Waals surface area (Å²) in [6.45, 7) is 5.38. The number of thioether (sulfide) groups is 1. The minimum absolute atomic E-state index is 0.248. The van der Waals surface area contributed by atoms with E-state index in [2.05, 4.69) is 30.7 Å². The van der Waals surface area contributed by atoms with E-state index < -0.39 is 0 Å². The molecule has 4 heteroatoms. The van der Waals surface area contributed by atoms with Gasteiger partial charge in [-0.15, -0.1) is 0 Å². The number of nitrogens with one attached hydrogen (secondary N) is 2.